The molecule has 0 aliphatic heterocycles. The molecule has 0 aromatic rings. The van der Waals surface area contributed by atoms with Gasteiger partial charge in [-0.15, -0.1) is 18.4 Å². The molecule has 0 nitrogen and oxygen atoms in total. The first kappa shape index (κ1) is 6.04. The molecule has 3 unspecified atom stereocenters. The van der Waals surface area contributed by atoms with Crippen molar-refractivity contribution < 1.29 is 0 Å². The van der Waals surface area contributed by atoms with Gasteiger partial charge in [-0.3, -0.25) is 0 Å². The van der Waals surface area contributed by atoms with Crippen LogP contribution in [-0.2, 0) is 0 Å². The minimum atomic E-state index is 0.587. The summed E-state index contributed by atoms with van der Waals surface area (Å²) < 4.78 is 0. The van der Waals surface area contributed by atoms with Gasteiger partial charge in [-0.2, -0.15) is 0 Å². The lowest BCUT2D eigenvalue weighted by atomic mass is 10.0. The zero-order valence-electron chi connectivity index (χ0n) is 6.35. The third-order valence-electron chi connectivity index (χ3n) is 3.05. The van der Waals surface area contributed by atoms with Gasteiger partial charge in [0.25, 0.3) is 0 Å². The molecule has 0 aromatic carbocycles. The molecule has 52 valence electrons. The quantitative estimate of drug-likeness (QED) is 0.399. The Balaban J connectivity index is 1.90. The monoisotopic (exact) mass is 132 g/mol. The summed E-state index contributed by atoms with van der Waals surface area (Å²) >= 11 is 0. The van der Waals surface area contributed by atoms with Gasteiger partial charge in [-0.05, 0) is 30.6 Å². The van der Waals surface area contributed by atoms with Gasteiger partial charge in [0.2, 0.25) is 0 Å². The fourth-order valence-electron chi connectivity index (χ4n) is 2.01. The minimum absolute atomic E-state index is 0.587. The van der Waals surface area contributed by atoms with Crippen molar-refractivity contribution in [2.45, 2.75) is 19.8 Å². The Morgan fingerprint density at radius 1 is 1.80 bits per heavy atom. The van der Waals surface area contributed by atoms with Crippen LogP contribution in [0.5, 0.6) is 0 Å². The number of hydrogen-bond donors (Lipinski definition) is 0. The number of allylic oxidation sites excluding steroid dienone is 1. The summed E-state index contributed by atoms with van der Waals surface area (Å²) in [4.78, 5) is 0. The van der Waals surface area contributed by atoms with E-state index in [1.54, 1.807) is 0 Å². The fourth-order valence-corrected chi connectivity index (χ4v) is 2.01. The van der Waals surface area contributed by atoms with E-state index < -0.39 is 0 Å². The van der Waals surface area contributed by atoms with Crippen LogP contribution in [0.15, 0.2) is 12.7 Å². The molecule has 10 heavy (non-hydrogen) atoms. The van der Waals surface area contributed by atoms with E-state index in [9.17, 15) is 0 Å². The summed E-state index contributed by atoms with van der Waals surface area (Å²) in [6.07, 6.45) is 4.64. The van der Waals surface area contributed by atoms with E-state index in [4.69, 9.17) is 0 Å². The van der Waals surface area contributed by atoms with Crippen LogP contribution < -0.4 is 0 Å². The van der Waals surface area contributed by atoms with E-state index in [1.807, 2.05) is 6.92 Å². The van der Waals surface area contributed by atoms with E-state index in [0.717, 1.165) is 18.3 Å². The predicted octanol–water partition coefficient (Wildman–Crippen LogP) is 2.22. The molecule has 2 aliphatic rings. The SMILES string of the molecule is C=CC12CC1C2CC#CC. The predicted molar refractivity (Wildman–Crippen MR) is 42.3 cm³/mol. The third kappa shape index (κ3) is 0.534. The second kappa shape index (κ2) is 1.66. The Morgan fingerprint density at radius 3 is 3.00 bits per heavy atom. The van der Waals surface area contributed by atoms with Crippen LogP contribution in [0.3, 0.4) is 0 Å². The summed E-state index contributed by atoms with van der Waals surface area (Å²) in [5.74, 6) is 7.93. The van der Waals surface area contributed by atoms with Gasteiger partial charge in [-0.1, -0.05) is 6.08 Å². The Labute approximate surface area is 62.3 Å². The van der Waals surface area contributed by atoms with Crippen LogP contribution >= 0.6 is 0 Å². The maximum Gasteiger partial charge on any atom is 0.0128 e. The summed E-state index contributed by atoms with van der Waals surface area (Å²) in [5, 5.41) is 0. The summed E-state index contributed by atoms with van der Waals surface area (Å²) in [6.45, 7) is 5.76. The van der Waals surface area contributed by atoms with Crippen molar-refractivity contribution >= 4 is 0 Å². The van der Waals surface area contributed by atoms with Crippen LogP contribution in [0.4, 0.5) is 0 Å². The highest BCUT2D eigenvalue weighted by atomic mass is 14.8. The first-order valence-electron chi connectivity index (χ1n) is 3.88. The van der Waals surface area contributed by atoms with E-state index >= 15 is 0 Å². The van der Waals surface area contributed by atoms with Crippen molar-refractivity contribution in [1.82, 2.24) is 0 Å². The molecule has 0 aromatic heterocycles. The molecule has 0 amide bonds. The lowest BCUT2D eigenvalue weighted by Gasteiger charge is -2.01. The van der Waals surface area contributed by atoms with Gasteiger partial charge in [0.05, 0.1) is 0 Å². The fraction of sp³-hybridized carbons (Fsp3) is 0.600. The van der Waals surface area contributed by atoms with Crippen LogP contribution in [0.2, 0.25) is 0 Å². The van der Waals surface area contributed by atoms with Gasteiger partial charge in [0, 0.05) is 6.42 Å². The Hall–Kier alpha value is -0.700. The summed E-state index contributed by atoms with van der Waals surface area (Å²) in [7, 11) is 0. The molecule has 0 spiro atoms. The molecule has 2 fully saturated rings. The molecule has 0 heterocycles. The average Bonchev–Trinajstić information content (AvgIpc) is 2.74. The lowest BCUT2D eigenvalue weighted by molar-refractivity contribution is 0.570. The van der Waals surface area contributed by atoms with Gasteiger partial charge in [-0.25, -0.2) is 0 Å². The van der Waals surface area contributed by atoms with Crippen molar-refractivity contribution in [1.29, 1.82) is 0 Å². The number of fused-ring (bicyclic) bond motifs is 1. The van der Waals surface area contributed by atoms with Crippen molar-refractivity contribution in [3.8, 4) is 11.8 Å². The van der Waals surface area contributed by atoms with Crippen molar-refractivity contribution in [3.05, 3.63) is 12.7 Å². The molecule has 2 aliphatic carbocycles. The van der Waals surface area contributed by atoms with Crippen LogP contribution in [0.1, 0.15) is 19.8 Å². The van der Waals surface area contributed by atoms with Crippen LogP contribution in [0.25, 0.3) is 0 Å². The zero-order chi connectivity index (χ0) is 7.19. The van der Waals surface area contributed by atoms with Crippen molar-refractivity contribution in [2.75, 3.05) is 0 Å². The minimum Gasteiger partial charge on any atom is -0.107 e. The Kier molecular flexibility index (Phi) is 1.01. The normalized spacial score (nSPS) is 46.5. The van der Waals surface area contributed by atoms with Gasteiger partial charge in [0.1, 0.15) is 0 Å². The Bertz CT molecular complexity index is 228. The first-order chi connectivity index (χ1) is 4.85. The molecule has 2 saturated carbocycles. The maximum atomic E-state index is 3.85. The molecular weight excluding hydrogens is 120 g/mol. The second-order valence-corrected chi connectivity index (χ2v) is 3.36. The highest BCUT2D eigenvalue weighted by molar-refractivity contribution is 5.34. The summed E-state index contributed by atoms with van der Waals surface area (Å²) in [5.41, 5.74) is 0.587. The van der Waals surface area contributed by atoms with Crippen molar-refractivity contribution in [2.24, 2.45) is 17.3 Å². The maximum absolute atomic E-state index is 3.85. The molecule has 0 heteroatoms. The topological polar surface area (TPSA) is 0 Å². The standard InChI is InChI=1S/C10H12/c1-3-5-6-8-9-7-10(8,9)4-2/h4,8-9H,2,6-7H2,1H3. The van der Waals surface area contributed by atoms with E-state index in [2.05, 4.69) is 24.5 Å². The number of rotatable bonds is 2. The van der Waals surface area contributed by atoms with E-state index in [-0.39, 0.29) is 0 Å². The van der Waals surface area contributed by atoms with Gasteiger partial charge in [0.15, 0.2) is 0 Å². The van der Waals surface area contributed by atoms with Crippen LogP contribution in [0, 0.1) is 29.1 Å². The molecular formula is C10H12. The highest BCUT2D eigenvalue weighted by Gasteiger charge is 2.75. The molecule has 2 rings (SSSR count). The molecule has 0 N–H and O–H groups in total. The second-order valence-electron chi connectivity index (χ2n) is 3.36. The lowest BCUT2D eigenvalue weighted by Crippen LogP contribution is -1.93. The molecule has 3 atom stereocenters. The average molecular weight is 132 g/mol. The van der Waals surface area contributed by atoms with E-state index in [0.29, 0.717) is 5.41 Å². The number of hydrogen-bond acceptors (Lipinski definition) is 0. The van der Waals surface area contributed by atoms with Gasteiger partial charge < -0.3 is 0 Å². The smallest absolute Gasteiger partial charge is 0.0128 e. The highest BCUT2D eigenvalue weighted by Crippen LogP contribution is 2.81. The zero-order valence-corrected chi connectivity index (χ0v) is 6.35. The molecule has 0 saturated heterocycles. The molecule has 0 radical (unpaired) electrons. The van der Waals surface area contributed by atoms with Gasteiger partial charge >= 0.3 is 0 Å². The van der Waals surface area contributed by atoms with E-state index in [1.165, 1.54) is 6.42 Å². The van der Waals surface area contributed by atoms with Crippen molar-refractivity contribution in [3.63, 3.8) is 0 Å². The Morgan fingerprint density at radius 2 is 2.60 bits per heavy atom. The third-order valence-corrected chi connectivity index (χ3v) is 3.05. The first-order valence-corrected chi connectivity index (χ1v) is 3.88. The summed E-state index contributed by atoms with van der Waals surface area (Å²) in [6, 6.07) is 0. The molecule has 0 bridgehead atoms. The largest absolute Gasteiger partial charge is 0.107 e. The van der Waals surface area contributed by atoms with Crippen LogP contribution in [-0.4, -0.2) is 0 Å².